The zero-order valence-electron chi connectivity index (χ0n) is 16.9. The Morgan fingerprint density at radius 3 is 2.52 bits per heavy atom. The number of carbonyl (C=O) groups excluding carboxylic acids is 1. The van der Waals surface area contributed by atoms with Gasteiger partial charge in [-0.1, -0.05) is 0 Å². The van der Waals surface area contributed by atoms with Crippen LogP contribution in [0.5, 0.6) is 5.88 Å². The molecule has 1 aliphatic rings. The van der Waals surface area contributed by atoms with Gasteiger partial charge in [0, 0.05) is 50.4 Å². The molecule has 3 aromatic rings. The Bertz CT molecular complexity index is 1040. The van der Waals surface area contributed by atoms with E-state index in [4.69, 9.17) is 4.74 Å². The smallest absolute Gasteiger partial charge is 0.260 e. The van der Waals surface area contributed by atoms with E-state index in [0.717, 1.165) is 28.0 Å². The molecule has 0 atom stereocenters. The monoisotopic (exact) mass is 397 g/mol. The van der Waals surface area contributed by atoms with Gasteiger partial charge < -0.3 is 14.5 Å². The van der Waals surface area contributed by atoms with Crippen molar-refractivity contribution in [3.8, 4) is 5.88 Å². The Morgan fingerprint density at radius 1 is 1.14 bits per heavy atom. The first-order valence-electron chi connectivity index (χ1n) is 9.64. The number of benzene rings is 1. The highest BCUT2D eigenvalue weighted by molar-refractivity contribution is 5.82. The summed E-state index contributed by atoms with van der Waals surface area (Å²) in [4.78, 5) is 21.0. The van der Waals surface area contributed by atoms with E-state index >= 15 is 0 Å². The third-order valence-electron chi connectivity index (χ3n) is 5.31. The molecule has 1 saturated heterocycles. The predicted octanol–water partition coefficient (Wildman–Crippen LogP) is 2.45. The minimum Gasteiger partial charge on any atom is -0.467 e. The van der Waals surface area contributed by atoms with Crippen LogP contribution in [-0.2, 0) is 11.8 Å². The average Bonchev–Trinajstić information content (AvgIpc) is 3.01. The van der Waals surface area contributed by atoms with Crippen LogP contribution in [0.4, 0.5) is 10.1 Å². The number of amides is 1. The summed E-state index contributed by atoms with van der Waals surface area (Å²) < 4.78 is 20.5. The van der Waals surface area contributed by atoms with Crippen molar-refractivity contribution in [3.63, 3.8) is 0 Å². The summed E-state index contributed by atoms with van der Waals surface area (Å²) in [6.07, 6.45) is 0. The number of fused-ring (bicyclic) bond motifs is 1. The lowest BCUT2D eigenvalue weighted by atomic mass is 10.2. The van der Waals surface area contributed by atoms with Crippen LogP contribution in [0.2, 0.25) is 0 Å². The predicted molar refractivity (Wildman–Crippen MR) is 109 cm³/mol. The van der Waals surface area contributed by atoms with Crippen LogP contribution < -0.4 is 9.64 Å². The first-order valence-corrected chi connectivity index (χ1v) is 9.64. The fourth-order valence-corrected chi connectivity index (χ4v) is 3.80. The van der Waals surface area contributed by atoms with Crippen molar-refractivity contribution < 1.29 is 13.9 Å². The second kappa shape index (κ2) is 7.69. The number of hydrogen-bond donors (Lipinski definition) is 0. The summed E-state index contributed by atoms with van der Waals surface area (Å²) in [5, 5.41) is 5.41. The van der Waals surface area contributed by atoms with Gasteiger partial charge in [-0.15, -0.1) is 0 Å². The van der Waals surface area contributed by atoms with E-state index in [-0.39, 0.29) is 18.3 Å². The number of anilines is 1. The van der Waals surface area contributed by atoms with Crippen molar-refractivity contribution in [2.75, 3.05) is 37.7 Å². The first kappa shape index (κ1) is 19.2. The molecular weight excluding hydrogens is 373 g/mol. The van der Waals surface area contributed by atoms with Crippen LogP contribution in [0.1, 0.15) is 11.3 Å². The van der Waals surface area contributed by atoms with Crippen LogP contribution in [-0.4, -0.2) is 58.4 Å². The molecular formula is C21H24FN5O2. The molecule has 1 fully saturated rings. The number of halogens is 1. The number of piperazine rings is 1. The van der Waals surface area contributed by atoms with Crippen molar-refractivity contribution in [2.24, 2.45) is 7.05 Å². The van der Waals surface area contributed by atoms with Crippen LogP contribution >= 0.6 is 0 Å². The Hall–Kier alpha value is -3.16. The summed E-state index contributed by atoms with van der Waals surface area (Å²) in [5.74, 6) is 0.115. The maximum atomic E-state index is 13.1. The van der Waals surface area contributed by atoms with E-state index in [2.05, 4.69) is 15.0 Å². The fraction of sp³-hybridized carbons (Fsp3) is 0.381. The molecule has 1 aliphatic heterocycles. The summed E-state index contributed by atoms with van der Waals surface area (Å²) in [6.45, 7) is 6.50. The molecule has 0 unspecified atom stereocenters. The molecule has 0 bridgehead atoms. The van der Waals surface area contributed by atoms with E-state index in [1.807, 2.05) is 27.0 Å². The number of carbonyl (C=O) groups is 1. The largest absolute Gasteiger partial charge is 0.467 e. The minimum atomic E-state index is -0.247. The van der Waals surface area contributed by atoms with E-state index in [9.17, 15) is 9.18 Å². The molecule has 1 aromatic carbocycles. The quantitative estimate of drug-likeness (QED) is 0.677. The summed E-state index contributed by atoms with van der Waals surface area (Å²) >= 11 is 0. The summed E-state index contributed by atoms with van der Waals surface area (Å²) in [5.41, 5.74) is 3.66. The van der Waals surface area contributed by atoms with Crippen molar-refractivity contribution in [1.29, 1.82) is 0 Å². The average molecular weight is 397 g/mol. The molecule has 0 aliphatic carbocycles. The lowest BCUT2D eigenvalue weighted by Crippen LogP contribution is -2.50. The second-order valence-corrected chi connectivity index (χ2v) is 7.32. The topological polar surface area (TPSA) is 63.5 Å². The van der Waals surface area contributed by atoms with E-state index < -0.39 is 0 Å². The van der Waals surface area contributed by atoms with Crippen LogP contribution in [0.25, 0.3) is 11.0 Å². The van der Waals surface area contributed by atoms with Crippen LogP contribution in [0.15, 0.2) is 30.3 Å². The lowest BCUT2D eigenvalue weighted by Gasteiger charge is -2.36. The zero-order valence-corrected chi connectivity index (χ0v) is 16.9. The fourth-order valence-electron chi connectivity index (χ4n) is 3.80. The highest BCUT2D eigenvalue weighted by atomic mass is 19.1. The van der Waals surface area contributed by atoms with Crippen molar-refractivity contribution >= 4 is 22.6 Å². The molecule has 1 amide bonds. The van der Waals surface area contributed by atoms with Gasteiger partial charge in [0.15, 0.2) is 12.3 Å². The van der Waals surface area contributed by atoms with Gasteiger partial charge in [-0.2, -0.15) is 10.1 Å². The maximum absolute atomic E-state index is 13.1. The van der Waals surface area contributed by atoms with Gasteiger partial charge in [-0.05, 0) is 43.7 Å². The molecule has 4 rings (SSSR count). The number of hydrogen-bond acceptors (Lipinski definition) is 5. The minimum absolute atomic E-state index is 0.0503. The standard InChI is InChI=1S/C21H24FN5O2/c1-14-12-18(23-21-20(14)15(2)24-25(21)3)29-13-19(28)27-10-8-26(9-11-27)17-6-4-16(22)5-7-17/h4-7,12H,8-11,13H2,1-3H3. The van der Waals surface area contributed by atoms with Gasteiger partial charge in [0.2, 0.25) is 5.88 Å². The number of pyridine rings is 1. The number of nitrogens with zero attached hydrogens (tertiary/aromatic N) is 5. The van der Waals surface area contributed by atoms with Gasteiger partial charge in [-0.25, -0.2) is 4.39 Å². The third kappa shape index (κ3) is 3.87. The SMILES string of the molecule is Cc1cc(OCC(=O)N2CCN(c3ccc(F)cc3)CC2)nc2c1c(C)nn2C. The third-order valence-corrected chi connectivity index (χ3v) is 5.31. The molecule has 0 radical (unpaired) electrons. The molecule has 8 heteroatoms. The first-order chi connectivity index (χ1) is 13.9. The van der Waals surface area contributed by atoms with Gasteiger partial charge in [0.25, 0.3) is 5.91 Å². The number of aromatic nitrogens is 3. The molecule has 0 spiro atoms. The molecule has 0 N–H and O–H groups in total. The number of ether oxygens (including phenoxy) is 1. The summed E-state index contributed by atoms with van der Waals surface area (Å²) in [7, 11) is 1.84. The van der Waals surface area contributed by atoms with E-state index in [1.165, 1.54) is 12.1 Å². The Kier molecular flexibility index (Phi) is 5.08. The Morgan fingerprint density at radius 2 is 1.83 bits per heavy atom. The molecule has 2 aromatic heterocycles. The van der Waals surface area contributed by atoms with Gasteiger partial charge >= 0.3 is 0 Å². The highest BCUT2D eigenvalue weighted by Crippen LogP contribution is 2.24. The van der Waals surface area contributed by atoms with E-state index in [0.29, 0.717) is 32.1 Å². The molecule has 152 valence electrons. The molecule has 29 heavy (non-hydrogen) atoms. The normalized spacial score (nSPS) is 14.5. The molecule has 3 heterocycles. The van der Waals surface area contributed by atoms with E-state index in [1.54, 1.807) is 21.7 Å². The number of aryl methyl sites for hydroxylation is 3. The Balaban J connectivity index is 1.35. The highest BCUT2D eigenvalue weighted by Gasteiger charge is 2.22. The second-order valence-electron chi connectivity index (χ2n) is 7.32. The maximum Gasteiger partial charge on any atom is 0.260 e. The Labute approximate surface area is 168 Å². The lowest BCUT2D eigenvalue weighted by molar-refractivity contribution is -0.133. The van der Waals surface area contributed by atoms with Crippen LogP contribution in [0.3, 0.4) is 0 Å². The van der Waals surface area contributed by atoms with Crippen LogP contribution in [0, 0.1) is 19.7 Å². The van der Waals surface area contributed by atoms with Crippen molar-refractivity contribution in [2.45, 2.75) is 13.8 Å². The van der Waals surface area contributed by atoms with Crippen molar-refractivity contribution in [3.05, 3.63) is 47.4 Å². The van der Waals surface area contributed by atoms with Gasteiger partial charge in [-0.3, -0.25) is 9.48 Å². The molecule has 0 saturated carbocycles. The molecule has 7 nitrogen and oxygen atoms in total. The van der Waals surface area contributed by atoms with Gasteiger partial charge in [0.1, 0.15) is 5.82 Å². The van der Waals surface area contributed by atoms with Crippen molar-refractivity contribution in [1.82, 2.24) is 19.7 Å². The van der Waals surface area contributed by atoms with Gasteiger partial charge in [0.05, 0.1) is 5.69 Å². The summed E-state index contributed by atoms with van der Waals surface area (Å²) in [6, 6.07) is 8.28. The number of rotatable bonds is 4. The zero-order chi connectivity index (χ0) is 20.5.